The van der Waals surface area contributed by atoms with E-state index in [1.807, 2.05) is 16.8 Å². The number of thiazole rings is 2. The molecule has 42 heavy (non-hydrogen) atoms. The first-order valence-electron chi connectivity index (χ1n) is 12.4. The second kappa shape index (κ2) is 12.2. The third-order valence-electron chi connectivity index (χ3n) is 6.60. The maximum atomic E-state index is 13.9. The van der Waals surface area contributed by atoms with Crippen LogP contribution in [0.2, 0.25) is 0 Å². The molecule has 10 nitrogen and oxygen atoms in total. The Morgan fingerprint density at radius 3 is 2.38 bits per heavy atom. The molecule has 5 aromatic rings. The maximum Gasteiger partial charge on any atom is 0.194 e. The zero-order valence-corrected chi connectivity index (χ0v) is 24.0. The summed E-state index contributed by atoms with van der Waals surface area (Å²) in [7, 11) is 1.44. The Kier molecular flexibility index (Phi) is 8.35. The van der Waals surface area contributed by atoms with E-state index in [2.05, 4.69) is 25.3 Å². The maximum absolute atomic E-state index is 13.9. The second-order valence-corrected chi connectivity index (χ2v) is 12.0. The Bertz CT molecular complexity index is 1650. The molecular weight excluding hydrogens is 614 g/mol. The van der Waals surface area contributed by atoms with Gasteiger partial charge in [0.05, 0.1) is 12.8 Å². The van der Waals surface area contributed by atoms with Gasteiger partial charge in [-0.15, -0.1) is 27.8 Å². The minimum Gasteiger partial charge on any atom is -0.394 e. The highest BCUT2D eigenvalue weighted by atomic mass is 32.2. The lowest BCUT2D eigenvalue weighted by atomic mass is 9.97. The van der Waals surface area contributed by atoms with Gasteiger partial charge in [0, 0.05) is 52.5 Å². The molecule has 1 aliphatic heterocycles. The normalized spacial score (nSPS) is 22.5. The van der Waals surface area contributed by atoms with Crippen molar-refractivity contribution in [2.45, 2.75) is 34.7 Å². The van der Waals surface area contributed by atoms with Crippen molar-refractivity contribution in [3.8, 4) is 32.5 Å². The first-order chi connectivity index (χ1) is 20.4. The molecule has 0 radical (unpaired) electrons. The topological polar surface area (TPSA) is 128 Å². The van der Waals surface area contributed by atoms with Crippen molar-refractivity contribution in [1.29, 1.82) is 0 Å². The molecule has 5 heterocycles. The lowest BCUT2D eigenvalue weighted by Crippen LogP contribution is -2.55. The fourth-order valence-corrected chi connectivity index (χ4v) is 7.25. The zero-order chi connectivity index (χ0) is 29.4. The highest BCUT2D eigenvalue weighted by Crippen LogP contribution is 2.43. The van der Waals surface area contributed by atoms with Crippen molar-refractivity contribution < 1.29 is 32.9 Å². The molecule has 1 saturated heterocycles. The van der Waals surface area contributed by atoms with Crippen molar-refractivity contribution in [2.75, 3.05) is 13.7 Å². The summed E-state index contributed by atoms with van der Waals surface area (Å²) in [5.41, 5.74) is 0.599. The second-order valence-electron chi connectivity index (χ2n) is 9.11. The van der Waals surface area contributed by atoms with Crippen LogP contribution in [0.15, 0.2) is 58.6 Å². The number of hydrogen-bond acceptors (Lipinski definition) is 12. The monoisotopic (exact) mass is 634 g/mol. The van der Waals surface area contributed by atoms with Gasteiger partial charge in [-0.1, -0.05) is 17.0 Å². The number of halogens is 3. The number of aliphatic hydroxyl groups is 2. The molecule has 4 aromatic heterocycles. The molecule has 0 spiro atoms. The van der Waals surface area contributed by atoms with E-state index in [1.165, 1.54) is 52.4 Å². The zero-order valence-electron chi connectivity index (χ0n) is 21.5. The predicted octanol–water partition coefficient (Wildman–Crippen LogP) is 4.43. The van der Waals surface area contributed by atoms with E-state index >= 15 is 0 Å². The summed E-state index contributed by atoms with van der Waals surface area (Å²) in [4.78, 5) is 14.1. The Morgan fingerprint density at radius 1 is 1.02 bits per heavy atom. The molecule has 5 atom stereocenters. The molecule has 0 amide bonds. The molecule has 1 fully saturated rings. The van der Waals surface area contributed by atoms with E-state index in [9.17, 15) is 23.4 Å². The minimum absolute atomic E-state index is 0.0394. The van der Waals surface area contributed by atoms with Crippen molar-refractivity contribution >= 4 is 34.4 Å². The lowest BCUT2D eigenvalue weighted by Gasteiger charge is -2.43. The third kappa shape index (κ3) is 5.46. The first-order valence-corrected chi connectivity index (χ1v) is 15.0. The first kappa shape index (κ1) is 28.9. The van der Waals surface area contributed by atoms with Gasteiger partial charge in [-0.2, -0.15) is 0 Å². The van der Waals surface area contributed by atoms with Gasteiger partial charge in [0.15, 0.2) is 17.5 Å². The van der Waals surface area contributed by atoms with Crippen LogP contribution in [0.5, 0.6) is 0 Å². The molecule has 3 unspecified atom stereocenters. The molecule has 1 aromatic carbocycles. The van der Waals surface area contributed by atoms with Crippen LogP contribution in [-0.2, 0) is 9.47 Å². The number of rotatable bonds is 8. The van der Waals surface area contributed by atoms with Gasteiger partial charge in [-0.05, 0) is 18.2 Å². The number of methoxy groups -OCH3 is 1. The van der Waals surface area contributed by atoms with Crippen LogP contribution in [0.3, 0.4) is 0 Å². The highest BCUT2D eigenvalue weighted by Gasteiger charge is 2.47. The van der Waals surface area contributed by atoms with Gasteiger partial charge in [-0.25, -0.2) is 27.8 Å². The SMILES string of the molecule is COC1C(n2cc(-c3cc(F)c(F)c(F)c3)nn2)[C@@H](O)C(CO)O[C@@H]1Sc1cc(-c2nccs2)cnc1-c1nccs1. The van der Waals surface area contributed by atoms with Gasteiger partial charge in [-0.3, -0.25) is 4.98 Å². The Hall–Kier alpha value is -3.25. The average Bonchev–Trinajstić information content (AvgIpc) is 3.79. The van der Waals surface area contributed by atoms with Crippen molar-refractivity contribution in [1.82, 2.24) is 29.9 Å². The number of aromatic nitrogens is 6. The van der Waals surface area contributed by atoms with Crippen molar-refractivity contribution in [2.24, 2.45) is 0 Å². The van der Waals surface area contributed by atoms with Gasteiger partial charge in [0.1, 0.15) is 51.2 Å². The summed E-state index contributed by atoms with van der Waals surface area (Å²) >= 11 is 4.15. The minimum atomic E-state index is -1.60. The smallest absolute Gasteiger partial charge is 0.194 e. The van der Waals surface area contributed by atoms with Crippen molar-refractivity contribution in [3.05, 3.63) is 71.2 Å². The fourth-order valence-electron chi connectivity index (χ4n) is 4.61. The lowest BCUT2D eigenvalue weighted by molar-refractivity contribution is -0.186. The summed E-state index contributed by atoms with van der Waals surface area (Å²) in [6, 6.07) is 2.59. The molecule has 16 heteroatoms. The van der Waals surface area contributed by atoms with Crippen LogP contribution in [0.4, 0.5) is 13.2 Å². The summed E-state index contributed by atoms with van der Waals surface area (Å²) in [6.07, 6.45) is 3.27. The van der Waals surface area contributed by atoms with E-state index in [0.717, 1.165) is 22.7 Å². The molecular formula is C26H21F3N6O4S3. The van der Waals surface area contributed by atoms with Crippen LogP contribution >= 0.6 is 34.4 Å². The number of hydrogen-bond donors (Lipinski definition) is 2. The number of nitrogens with zero attached hydrogens (tertiary/aromatic N) is 6. The van der Waals surface area contributed by atoms with Crippen molar-refractivity contribution in [3.63, 3.8) is 0 Å². The number of ether oxygens (including phenoxy) is 2. The fraction of sp³-hybridized carbons (Fsp3) is 0.269. The van der Waals surface area contributed by atoms with Gasteiger partial charge in [0.2, 0.25) is 0 Å². The van der Waals surface area contributed by atoms with Gasteiger partial charge >= 0.3 is 0 Å². The summed E-state index contributed by atoms with van der Waals surface area (Å²) < 4.78 is 54.5. The quantitative estimate of drug-likeness (QED) is 0.237. The van der Waals surface area contributed by atoms with E-state index < -0.39 is 53.8 Å². The molecule has 2 N–H and O–H groups in total. The Morgan fingerprint density at radius 2 is 1.74 bits per heavy atom. The Balaban J connectivity index is 1.37. The molecule has 0 saturated carbocycles. The van der Waals surface area contributed by atoms with Gasteiger partial charge < -0.3 is 19.7 Å². The third-order valence-corrected chi connectivity index (χ3v) is 9.38. The highest BCUT2D eigenvalue weighted by molar-refractivity contribution is 8.00. The van der Waals surface area contributed by atoms with Gasteiger partial charge in [0.25, 0.3) is 0 Å². The van der Waals surface area contributed by atoms with Crippen LogP contribution < -0.4 is 0 Å². The number of thioether (sulfide) groups is 1. The molecule has 218 valence electrons. The predicted molar refractivity (Wildman–Crippen MR) is 149 cm³/mol. The van der Waals surface area contributed by atoms with Crippen LogP contribution in [0.25, 0.3) is 32.5 Å². The molecule has 1 aliphatic rings. The van der Waals surface area contributed by atoms with E-state index in [-0.39, 0.29) is 11.3 Å². The largest absolute Gasteiger partial charge is 0.394 e. The summed E-state index contributed by atoms with van der Waals surface area (Å²) in [6.45, 7) is -0.516. The van der Waals surface area contributed by atoms with Crippen LogP contribution in [0, 0.1) is 17.5 Å². The number of benzene rings is 1. The summed E-state index contributed by atoms with van der Waals surface area (Å²) in [5.74, 6) is -4.34. The summed E-state index contributed by atoms with van der Waals surface area (Å²) in [5, 5.41) is 34.5. The average molecular weight is 635 g/mol. The number of pyridine rings is 1. The standard InChI is InChI=1S/C26H21F3N6O4S3/c1-38-23-21(35-10-16(33-34-35)12-6-14(27)19(29)15(28)7-12)22(37)17(11-36)39-26(23)42-18-8-13(24-30-2-4-40-24)9-32-20(18)25-31-3-5-41-25/h2-10,17,21-23,26,36-37H,11H2,1H3/t17?,21?,22-,23?,26+/m0/s1. The Labute approximate surface area is 248 Å². The van der Waals surface area contributed by atoms with E-state index in [1.54, 1.807) is 18.6 Å². The van der Waals surface area contributed by atoms with E-state index in [0.29, 0.717) is 15.6 Å². The van der Waals surface area contributed by atoms with E-state index in [4.69, 9.17) is 9.47 Å². The van der Waals surface area contributed by atoms with Crippen LogP contribution in [0.1, 0.15) is 6.04 Å². The molecule has 0 aliphatic carbocycles. The molecule has 0 bridgehead atoms. The van der Waals surface area contributed by atoms with Crippen LogP contribution in [-0.4, -0.2) is 77.6 Å². The molecule has 6 rings (SSSR count). The number of aliphatic hydroxyl groups excluding tert-OH is 2.